The van der Waals surface area contributed by atoms with Gasteiger partial charge >= 0.3 is 0 Å². The lowest BCUT2D eigenvalue weighted by atomic mass is 9.99. The van der Waals surface area contributed by atoms with Crippen LogP contribution in [-0.4, -0.2) is 67.8 Å². The standard InChI is InChI=1S/C34H45N3O5/c1-6-14-37(15-7-2)34(40)28-17-24(3)16-27(21-28)33(39)36-31(20-25-10-8-12-29(18-25)41-4)32(38)23-35-22-26-11-9-13-30(19-26)42-5/h8-13,16-19,21,31-32,35,38H,6-7,14-15,20,22-23H2,1-5H3,(H,36,39)/t31-,32+/m0/s1. The summed E-state index contributed by atoms with van der Waals surface area (Å²) in [5.74, 6) is 1.05. The van der Waals surface area contributed by atoms with Gasteiger partial charge in [-0.2, -0.15) is 0 Å². The van der Waals surface area contributed by atoms with Gasteiger partial charge in [0.1, 0.15) is 11.5 Å². The van der Waals surface area contributed by atoms with Crippen molar-refractivity contribution in [3.05, 3.63) is 94.5 Å². The molecule has 0 aliphatic rings. The Morgan fingerprint density at radius 1 is 0.857 bits per heavy atom. The summed E-state index contributed by atoms with van der Waals surface area (Å²) in [6.45, 7) is 8.09. The van der Waals surface area contributed by atoms with E-state index in [-0.39, 0.29) is 18.4 Å². The van der Waals surface area contributed by atoms with Gasteiger partial charge in [0.15, 0.2) is 0 Å². The Morgan fingerprint density at radius 2 is 1.45 bits per heavy atom. The van der Waals surface area contributed by atoms with Crippen LogP contribution >= 0.6 is 0 Å². The summed E-state index contributed by atoms with van der Waals surface area (Å²) >= 11 is 0. The first kappa shape index (κ1) is 32.6. The first-order valence-electron chi connectivity index (χ1n) is 14.6. The van der Waals surface area contributed by atoms with Crippen molar-refractivity contribution in [1.29, 1.82) is 0 Å². The number of amides is 2. The minimum Gasteiger partial charge on any atom is -0.497 e. The van der Waals surface area contributed by atoms with E-state index in [1.807, 2.05) is 80.3 Å². The van der Waals surface area contributed by atoms with Gasteiger partial charge in [-0.05, 0) is 85.3 Å². The molecule has 3 N–H and O–H groups in total. The van der Waals surface area contributed by atoms with Crippen molar-refractivity contribution in [3.63, 3.8) is 0 Å². The number of carbonyl (C=O) groups is 2. The summed E-state index contributed by atoms with van der Waals surface area (Å²) in [6, 6.07) is 19.9. The Bertz CT molecular complexity index is 1310. The fraction of sp³-hybridized carbons (Fsp3) is 0.412. The largest absolute Gasteiger partial charge is 0.497 e. The maximum atomic E-state index is 13.6. The number of methoxy groups -OCH3 is 2. The highest BCUT2D eigenvalue weighted by Crippen LogP contribution is 2.18. The number of ether oxygens (including phenoxy) is 2. The van der Waals surface area contributed by atoms with Crippen molar-refractivity contribution in [2.75, 3.05) is 33.9 Å². The molecule has 0 heterocycles. The van der Waals surface area contributed by atoms with E-state index in [2.05, 4.69) is 10.6 Å². The van der Waals surface area contributed by atoms with Gasteiger partial charge in [-0.25, -0.2) is 0 Å². The zero-order chi connectivity index (χ0) is 30.5. The zero-order valence-corrected chi connectivity index (χ0v) is 25.5. The summed E-state index contributed by atoms with van der Waals surface area (Å²) in [4.78, 5) is 28.7. The summed E-state index contributed by atoms with van der Waals surface area (Å²) in [6.07, 6.45) is 1.23. The van der Waals surface area contributed by atoms with Crippen LogP contribution in [0.1, 0.15) is 64.1 Å². The third kappa shape index (κ3) is 9.60. The van der Waals surface area contributed by atoms with E-state index in [4.69, 9.17) is 9.47 Å². The Kier molecular flexibility index (Phi) is 12.8. The third-order valence-electron chi connectivity index (χ3n) is 7.05. The predicted molar refractivity (Wildman–Crippen MR) is 166 cm³/mol. The van der Waals surface area contributed by atoms with Crippen molar-refractivity contribution in [2.45, 2.75) is 58.7 Å². The molecule has 226 valence electrons. The van der Waals surface area contributed by atoms with Gasteiger partial charge in [-0.3, -0.25) is 9.59 Å². The van der Waals surface area contributed by atoms with E-state index in [1.54, 1.807) is 26.4 Å². The van der Waals surface area contributed by atoms with Crippen molar-refractivity contribution >= 4 is 11.8 Å². The molecule has 42 heavy (non-hydrogen) atoms. The molecule has 0 saturated carbocycles. The number of hydrogen-bond donors (Lipinski definition) is 3. The van der Waals surface area contributed by atoms with Crippen LogP contribution in [0.15, 0.2) is 66.7 Å². The van der Waals surface area contributed by atoms with Crippen LogP contribution in [0.2, 0.25) is 0 Å². The lowest BCUT2D eigenvalue weighted by Crippen LogP contribution is -2.48. The van der Waals surface area contributed by atoms with Crippen LogP contribution in [0.25, 0.3) is 0 Å². The molecule has 0 fully saturated rings. The van der Waals surface area contributed by atoms with Crippen molar-refractivity contribution in [1.82, 2.24) is 15.5 Å². The quantitative estimate of drug-likeness (QED) is 0.228. The molecule has 0 unspecified atom stereocenters. The van der Waals surface area contributed by atoms with E-state index in [1.165, 1.54) is 0 Å². The molecule has 2 atom stereocenters. The van der Waals surface area contributed by atoms with E-state index in [0.717, 1.165) is 35.3 Å². The molecule has 3 aromatic carbocycles. The number of aliphatic hydroxyl groups is 1. The monoisotopic (exact) mass is 575 g/mol. The van der Waals surface area contributed by atoms with Gasteiger partial charge in [0, 0.05) is 37.3 Å². The van der Waals surface area contributed by atoms with Crippen LogP contribution in [0, 0.1) is 6.92 Å². The molecular weight excluding hydrogens is 530 g/mol. The van der Waals surface area contributed by atoms with Gasteiger partial charge in [-0.1, -0.05) is 38.1 Å². The zero-order valence-electron chi connectivity index (χ0n) is 25.5. The number of carbonyl (C=O) groups excluding carboxylic acids is 2. The van der Waals surface area contributed by atoms with Gasteiger partial charge in [0.05, 0.1) is 26.4 Å². The maximum Gasteiger partial charge on any atom is 0.253 e. The van der Waals surface area contributed by atoms with Gasteiger partial charge in [0.25, 0.3) is 11.8 Å². The minimum absolute atomic E-state index is 0.0776. The second kappa shape index (κ2) is 16.5. The normalized spacial score (nSPS) is 12.3. The first-order valence-corrected chi connectivity index (χ1v) is 14.6. The van der Waals surface area contributed by atoms with Crippen LogP contribution in [0.4, 0.5) is 0 Å². The molecule has 0 radical (unpaired) electrons. The fourth-order valence-electron chi connectivity index (χ4n) is 4.95. The highest BCUT2D eigenvalue weighted by Gasteiger charge is 2.24. The summed E-state index contributed by atoms with van der Waals surface area (Å²) in [5.41, 5.74) is 3.64. The van der Waals surface area contributed by atoms with E-state index < -0.39 is 12.1 Å². The predicted octanol–water partition coefficient (Wildman–Crippen LogP) is 4.77. The number of hydrogen-bond acceptors (Lipinski definition) is 6. The van der Waals surface area contributed by atoms with E-state index in [9.17, 15) is 14.7 Å². The van der Waals surface area contributed by atoms with E-state index in [0.29, 0.717) is 42.9 Å². The molecule has 0 saturated heterocycles. The fourth-order valence-corrected chi connectivity index (χ4v) is 4.95. The van der Waals surface area contributed by atoms with Gasteiger partial charge < -0.3 is 30.1 Å². The maximum absolute atomic E-state index is 13.6. The molecule has 0 aliphatic heterocycles. The molecule has 0 bridgehead atoms. The average molecular weight is 576 g/mol. The van der Waals surface area contributed by atoms with Crippen molar-refractivity contribution < 1.29 is 24.2 Å². The Morgan fingerprint density at radius 3 is 2.07 bits per heavy atom. The molecule has 2 amide bonds. The Balaban J connectivity index is 1.79. The molecule has 0 aromatic heterocycles. The molecular formula is C34H45N3O5. The second-order valence-corrected chi connectivity index (χ2v) is 10.6. The smallest absolute Gasteiger partial charge is 0.253 e. The van der Waals surface area contributed by atoms with Crippen LogP contribution < -0.4 is 20.1 Å². The SMILES string of the molecule is CCCN(CCC)C(=O)c1cc(C)cc(C(=O)N[C@@H](Cc2cccc(OC)c2)[C@H](O)CNCc2cccc(OC)c2)c1. The summed E-state index contributed by atoms with van der Waals surface area (Å²) in [7, 11) is 3.23. The Labute approximate surface area is 250 Å². The second-order valence-electron chi connectivity index (χ2n) is 10.6. The molecule has 8 heteroatoms. The lowest BCUT2D eigenvalue weighted by molar-refractivity contribution is 0.0755. The van der Waals surface area contributed by atoms with Crippen molar-refractivity contribution in [3.8, 4) is 11.5 Å². The number of nitrogens with one attached hydrogen (secondary N) is 2. The van der Waals surface area contributed by atoms with Crippen LogP contribution in [0.3, 0.4) is 0 Å². The average Bonchev–Trinajstić information content (AvgIpc) is 3.00. The van der Waals surface area contributed by atoms with E-state index >= 15 is 0 Å². The summed E-state index contributed by atoms with van der Waals surface area (Å²) < 4.78 is 10.7. The minimum atomic E-state index is -0.888. The van der Waals surface area contributed by atoms with Crippen LogP contribution in [0.5, 0.6) is 11.5 Å². The van der Waals surface area contributed by atoms with Gasteiger partial charge in [0.2, 0.25) is 0 Å². The highest BCUT2D eigenvalue weighted by molar-refractivity contribution is 6.00. The van der Waals surface area contributed by atoms with Crippen LogP contribution in [-0.2, 0) is 13.0 Å². The van der Waals surface area contributed by atoms with Crippen molar-refractivity contribution in [2.24, 2.45) is 0 Å². The lowest BCUT2D eigenvalue weighted by Gasteiger charge is -2.25. The topological polar surface area (TPSA) is 100 Å². The first-order chi connectivity index (χ1) is 20.3. The number of aliphatic hydroxyl groups excluding tert-OH is 1. The molecule has 3 rings (SSSR count). The van der Waals surface area contributed by atoms with Gasteiger partial charge in [-0.15, -0.1) is 0 Å². The molecule has 3 aromatic rings. The number of aryl methyl sites for hydroxylation is 1. The molecule has 0 spiro atoms. The molecule has 0 aliphatic carbocycles. The Hall–Kier alpha value is -3.88. The highest BCUT2D eigenvalue weighted by atomic mass is 16.5. The summed E-state index contributed by atoms with van der Waals surface area (Å²) in [5, 5.41) is 17.6. The molecule has 8 nitrogen and oxygen atoms in total. The number of nitrogens with zero attached hydrogens (tertiary/aromatic N) is 1. The number of rotatable bonds is 16. The number of benzene rings is 3. The third-order valence-corrected chi connectivity index (χ3v) is 7.05.